The van der Waals surface area contributed by atoms with Gasteiger partial charge in [-0.1, -0.05) is 18.2 Å². The van der Waals surface area contributed by atoms with Gasteiger partial charge in [0.05, 0.1) is 28.4 Å². The zero-order valence-corrected chi connectivity index (χ0v) is 24.8. The first-order valence-corrected chi connectivity index (χ1v) is 13.5. The Balaban J connectivity index is 1.54. The van der Waals surface area contributed by atoms with Gasteiger partial charge in [0.25, 0.3) is 11.8 Å². The van der Waals surface area contributed by atoms with Crippen LogP contribution in [0.3, 0.4) is 0 Å². The van der Waals surface area contributed by atoms with Gasteiger partial charge < -0.3 is 29.6 Å². The van der Waals surface area contributed by atoms with E-state index in [1.165, 1.54) is 26.4 Å². The summed E-state index contributed by atoms with van der Waals surface area (Å²) in [7, 11) is 6.15. The summed E-state index contributed by atoms with van der Waals surface area (Å²) in [6.45, 7) is 0. The fraction of sp³-hybridized carbons (Fsp3) is 0.114. The fourth-order valence-corrected chi connectivity index (χ4v) is 4.18. The van der Waals surface area contributed by atoms with Crippen molar-refractivity contribution >= 4 is 35.4 Å². The molecule has 0 saturated carbocycles. The largest absolute Gasteiger partial charge is 0.497 e. The second kappa shape index (κ2) is 14.9. The van der Waals surface area contributed by atoms with Crippen molar-refractivity contribution in [3.05, 3.63) is 125 Å². The predicted octanol–water partition coefficient (Wildman–Crippen LogP) is 6.03. The molecule has 0 aliphatic rings. The van der Waals surface area contributed by atoms with Crippen LogP contribution < -0.4 is 29.6 Å². The standard InChI is InChI=1S/C35H32N2O7/c1-41-28-17-19-32(43-3)25(20-28)13-18-31(38)23-10-14-27(15-11-23)36-35(40)30(37-34(39)24-8-6-5-7-9-24)21-26-12-16-29(42-2)22-33(26)44-4/h5-22H,1-4H3,(H,36,40)(H,37,39)/b18-13+,30-21-. The number of nitrogens with one attached hydrogen (secondary N) is 2. The van der Waals surface area contributed by atoms with Crippen molar-refractivity contribution in [3.63, 3.8) is 0 Å². The lowest BCUT2D eigenvalue weighted by Crippen LogP contribution is -2.30. The molecule has 224 valence electrons. The number of hydrogen-bond donors (Lipinski definition) is 2. The summed E-state index contributed by atoms with van der Waals surface area (Å²) >= 11 is 0. The number of allylic oxidation sites excluding steroid dienone is 1. The van der Waals surface area contributed by atoms with Crippen molar-refractivity contribution in [3.8, 4) is 23.0 Å². The third kappa shape index (κ3) is 7.92. The van der Waals surface area contributed by atoms with Gasteiger partial charge in [-0.3, -0.25) is 14.4 Å². The monoisotopic (exact) mass is 592 g/mol. The average Bonchev–Trinajstić information content (AvgIpc) is 3.07. The number of rotatable bonds is 12. The summed E-state index contributed by atoms with van der Waals surface area (Å²) < 4.78 is 21.3. The first-order chi connectivity index (χ1) is 21.3. The summed E-state index contributed by atoms with van der Waals surface area (Å²) in [6, 6.07) is 25.4. The van der Waals surface area contributed by atoms with Gasteiger partial charge in [0.1, 0.15) is 28.7 Å². The van der Waals surface area contributed by atoms with Crippen LogP contribution in [0.1, 0.15) is 31.8 Å². The van der Waals surface area contributed by atoms with Crippen molar-refractivity contribution in [2.75, 3.05) is 33.8 Å². The van der Waals surface area contributed by atoms with Gasteiger partial charge in [-0.2, -0.15) is 0 Å². The molecule has 44 heavy (non-hydrogen) atoms. The number of carbonyl (C=O) groups is 3. The second-order valence-electron chi connectivity index (χ2n) is 9.32. The minimum absolute atomic E-state index is 0.0161. The Morgan fingerprint density at radius 1 is 0.636 bits per heavy atom. The van der Waals surface area contributed by atoms with Crippen LogP contribution in [0.15, 0.2) is 103 Å². The van der Waals surface area contributed by atoms with Crippen LogP contribution in [-0.2, 0) is 4.79 Å². The van der Waals surface area contributed by atoms with Gasteiger partial charge in [-0.25, -0.2) is 0 Å². The highest BCUT2D eigenvalue weighted by Gasteiger charge is 2.17. The highest BCUT2D eigenvalue weighted by atomic mass is 16.5. The lowest BCUT2D eigenvalue weighted by Gasteiger charge is -2.13. The van der Waals surface area contributed by atoms with Gasteiger partial charge in [-0.05, 0) is 85.0 Å². The maximum Gasteiger partial charge on any atom is 0.272 e. The van der Waals surface area contributed by atoms with Gasteiger partial charge >= 0.3 is 0 Å². The van der Waals surface area contributed by atoms with Crippen molar-refractivity contribution in [1.29, 1.82) is 0 Å². The Labute approximate surface area is 255 Å². The molecule has 0 fully saturated rings. The van der Waals surface area contributed by atoms with Gasteiger partial charge in [0, 0.05) is 34.0 Å². The van der Waals surface area contributed by atoms with E-state index in [1.807, 2.05) is 0 Å². The number of benzene rings is 4. The number of ether oxygens (including phenoxy) is 4. The number of anilines is 1. The lowest BCUT2D eigenvalue weighted by atomic mass is 10.1. The molecular formula is C35H32N2O7. The first-order valence-electron chi connectivity index (χ1n) is 13.5. The van der Waals surface area contributed by atoms with Crippen LogP contribution in [0.2, 0.25) is 0 Å². The number of carbonyl (C=O) groups excluding carboxylic acids is 3. The molecule has 2 amide bonds. The molecule has 4 aromatic rings. The van der Waals surface area contributed by atoms with Gasteiger partial charge in [0.15, 0.2) is 5.78 Å². The Kier molecular flexibility index (Phi) is 10.5. The summed E-state index contributed by atoms with van der Waals surface area (Å²) in [5.74, 6) is 0.989. The smallest absolute Gasteiger partial charge is 0.272 e. The molecule has 0 radical (unpaired) electrons. The zero-order valence-electron chi connectivity index (χ0n) is 24.8. The zero-order chi connectivity index (χ0) is 31.5. The third-order valence-corrected chi connectivity index (χ3v) is 6.55. The molecule has 0 bridgehead atoms. The molecule has 0 saturated heterocycles. The fourth-order valence-electron chi connectivity index (χ4n) is 4.18. The third-order valence-electron chi connectivity index (χ3n) is 6.55. The Hall–Kier alpha value is -5.83. The van der Waals surface area contributed by atoms with E-state index in [4.69, 9.17) is 18.9 Å². The van der Waals surface area contributed by atoms with Crippen molar-refractivity contribution in [2.24, 2.45) is 0 Å². The molecule has 9 heteroatoms. The molecular weight excluding hydrogens is 560 g/mol. The van der Waals surface area contributed by atoms with Crippen LogP contribution in [0.25, 0.3) is 12.2 Å². The molecule has 9 nitrogen and oxygen atoms in total. The predicted molar refractivity (Wildman–Crippen MR) is 169 cm³/mol. The highest BCUT2D eigenvalue weighted by Crippen LogP contribution is 2.27. The van der Waals surface area contributed by atoms with E-state index in [-0.39, 0.29) is 11.5 Å². The number of hydrogen-bond acceptors (Lipinski definition) is 7. The Bertz CT molecular complexity index is 1690. The SMILES string of the molecule is COc1ccc(OC)c(/C=C/C(=O)c2ccc(NC(=O)/C(=C/c3ccc(OC)cc3OC)NC(=O)c3ccccc3)cc2)c1. The topological polar surface area (TPSA) is 112 Å². The molecule has 0 aliphatic carbocycles. The minimum Gasteiger partial charge on any atom is -0.497 e. The molecule has 0 atom stereocenters. The maximum atomic E-state index is 13.4. The quantitative estimate of drug-likeness (QED) is 0.153. The summed E-state index contributed by atoms with van der Waals surface area (Å²) in [5, 5.41) is 5.49. The van der Waals surface area contributed by atoms with Crippen LogP contribution in [-0.4, -0.2) is 46.0 Å². The van der Waals surface area contributed by atoms with E-state index in [1.54, 1.807) is 111 Å². The maximum absolute atomic E-state index is 13.4. The van der Waals surface area contributed by atoms with E-state index < -0.39 is 11.8 Å². The minimum atomic E-state index is -0.573. The number of ketones is 1. The Morgan fingerprint density at radius 3 is 1.95 bits per heavy atom. The summed E-state index contributed by atoms with van der Waals surface area (Å²) in [4.78, 5) is 39.3. The summed E-state index contributed by atoms with van der Waals surface area (Å²) in [5.41, 5.74) is 2.44. The van der Waals surface area contributed by atoms with Crippen molar-refractivity contribution in [1.82, 2.24) is 5.32 Å². The van der Waals surface area contributed by atoms with E-state index in [2.05, 4.69) is 10.6 Å². The van der Waals surface area contributed by atoms with E-state index in [9.17, 15) is 14.4 Å². The number of methoxy groups -OCH3 is 4. The molecule has 0 aromatic heterocycles. The van der Waals surface area contributed by atoms with Gasteiger partial charge in [-0.15, -0.1) is 0 Å². The Morgan fingerprint density at radius 2 is 1.30 bits per heavy atom. The van der Waals surface area contributed by atoms with Crippen LogP contribution >= 0.6 is 0 Å². The molecule has 4 aromatic carbocycles. The van der Waals surface area contributed by atoms with E-state index in [0.29, 0.717) is 50.9 Å². The summed E-state index contributed by atoms with van der Waals surface area (Å²) in [6.07, 6.45) is 4.61. The van der Waals surface area contributed by atoms with E-state index >= 15 is 0 Å². The first kappa shape index (κ1) is 31.1. The average molecular weight is 593 g/mol. The normalized spacial score (nSPS) is 11.0. The van der Waals surface area contributed by atoms with Crippen LogP contribution in [0, 0.1) is 0 Å². The molecule has 0 unspecified atom stereocenters. The second-order valence-corrected chi connectivity index (χ2v) is 9.32. The molecule has 0 aliphatic heterocycles. The van der Waals surface area contributed by atoms with E-state index in [0.717, 1.165) is 0 Å². The number of amides is 2. The van der Waals surface area contributed by atoms with Crippen molar-refractivity contribution in [2.45, 2.75) is 0 Å². The highest BCUT2D eigenvalue weighted by molar-refractivity contribution is 6.11. The van der Waals surface area contributed by atoms with Crippen LogP contribution in [0.5, 0.6) is 23.0 Å². The lowest BCUT2D eigenvalue weighted by molar-refractivity contribution is -0.113. The molecule has 0 spiro atoms. The molecule has 0 heterocycles. The van der Waals surface area contributed by atoms with Crippen molar-refractivity contribution < 1.29 is 33.3 Å². The molecule has 2 N–H and O–H groups in total. The van der Waals surface area contributed by atoms with Gasteiger partial charge in [0.2, 0.25) is 0 Å². The van der Waals surface area contributed by atoms with Crippen LogP contribution in [0.4, 0.5) is 5.69 Å². The molecule has 4 rings (SSSR count).